The number of rotatable bonds is 5. The highest BCUT2D eigenvalue weighted by Gasteiger charge is 2.22. The minimum Gasteiger partial charge on any atom is -0.381 e. The van der Waals surface area contributed by atoms with E-state index in [9.17, 15) is 0 Å². The van der Waals surface area contributed by atoms with E-state index in [1.165, 1.54) is 44.9 Å². The first-order valence-electron chi connectivity index (χ1n) is 7.39. The van der Waals surface area contributed by atoms with E-state index in [-0.39, 0.29) is 0 Å². The van der Waals surface area contributed by atoms with Crippen LogP contribution in [0.4, 0.5) is 5.82 Å². The summed E-state index contributed by atoms with van der Waals surface area (Å²) < 4.78 is 5.35. The van der Waals surface area contributed by atoms with Gasteiger partial charge in [0.05, 0.1) is 0 Å². The van der Waals surface area contributed by atoms with Gasteiger partial charge in [-0.3, -0.25) is 0 Å². The van der Waals surface area contributed by atoms with Gasteiger partial charge in [-0.1, -0.05) is 51.1 Å². The molecule has 3 nitrogen and oxygen atoms in total. The van der Waals surface area contributed by atoms with Crippen molar-refractivity contribution >= 4 is 5.82 Å². The molecule has 0 saturated heterocycles. The molecule has 0 spiro atoms. The third-order valence-corrected chi connectivity index (χ3v) is 4.33. The van der Waals surface area contributed by atoms with Gasteiger partial charge in [0, 0.05) is 12.0 Å². The summed E-state index contributed by atoms with van der Waals surface area (Å²) in [6.45, 7) is 4.51. The summed E-state index contributed by atoms with van der Waals surface area (Å²) in [7, 11) is 0. The standard InChI is InChI=1S/C15H26N2O/c1-11(2)13(14-10-15(16)17-18-14)9-8-12-6-4-3-5-7-12/h10-13H,3-9H2,1-2H3,(H2,16,17). The number of anilines is 1. The van der Waals surface area contributed by atoms with Gasteiger partial charge in [0.1, 0.15) is 5.76 Å². The lowest BCUT2D eigenvalue weighted by Crippen LogP contribution is -2.11. The fourth-order valence-electron chi connectivity index (χ4n) is 3.17. The lowest BCUT2D eigenvalue weighted by Gasteiger charge is -2.24. The summed E-state index contributed by atoms with van der Waals surface area (Å²) in [6, 6.07) is 1.89. The molecule has 0 bridgehead atoms. The van der Waals surface area contributed by atoms with E-state index < -0.39 is 0 Å². The molecule has 2 rings (SSSR count). The van der Waals surface area contributed by atoms with Crippen LogP contribution in [0, 0.1) is 11.8 Å². The lowest BCUT2D eigenvalue weighted by atomic mass is 9.81. The maximum Gasteiger partial charge on any atom is 0.167 e. The van der Waals surface area contributed by atoms with Gasteiger partial charge in [0.15, 0.2) is 5.82 Å². The van der Waals surface area contributed by atoms with Crippen LogP contribution in [0.5, 0.6) is 0 Å². The van der Waals surface area contributed by atoms with E-state index in [2.05, 4.69) is 19.0 Å². The average Bonchev–Trinajstić information content (AvgIpc) is 2.77. The fourth-order valence-corrected chi connectivity index (χ4v) is 3.17. The maximum absolute atomic E-state index is 5.65. The molecule has 1 heterocycles. The van der Waals surface area contributed by atoms with E-state index in [1.54, 1.807) is 0 Å². The fraction of sp³-hybridized carbons (Fsp3) is 0.800. The van der Waals surface area contributed by atoms with Gasteiger partial charge in [-0.15, -0.1) is 0 Å². The van der Waals surface area contributed by atoms with E-state index in [0.29, 0.717) is 17.7 Å². The quantitative estimate of drug-likeness (QED) is 0.844. The molecule has 0 radical (unpaired) electrons. The molecular weight excluding hydrogens is 224 g/mol. The van der Waals surface area contributed by atoms with Crippen LogP contribution in [0.25, 0.3) is 0 Å². The Morgan fingerprint density at radius 2 is 2.06 bits per heavy atom. The van der Waals surface area contributed by atoms with Gasteiger partial charge in [0.2, 0.25) is 0 Å². The normalized spacial score (nSPS) is 19.3. The van der Waals surface area contributed by atoms with E-state index in [4.69, 9.17) is 10.3 Å². The smallest absolute Gasteiger partial charge is 0.167 e. The second kappa shape index (κ2) is 6.26. The first kappa shape index (κ1) is 13.4. The van der Waals surface area contributed by atoms with Crippen molar-refractivity contribution in [2.24, 2.45) is 11.8 Å². The predicted octanol–water partition coefficient (Wildman–Crippen LogP) is 4.36. The van der Waals surface area contributed by atoms with Gasteiger partial charge in [-0.25, -0.2) is 0 Å². The van der Waals surface area contributed by atoms with Crippen molar-refractivity contribution in [3.8, 4) is 0 Å². The van der Waals surface area contributed by atoms with Gasteiger partial charge in [0.25, 0.3) is 0 Å². The Kier molecular flexibility index (Phi) is 4.67. The van der Waals surface area contributed by atoms with E-state index in [1.807, 2.05) is 6.07 Å². The molecular formula is C15H26N2O. The van der Waals surface area contributed by atoms with Crippen LogP contribution in [0.15, 0.2) is 10.6 Å². The Bertz CT molecular complexity index is 353. The van der Waals surface area contributed by atoms with Crippen LogP contribution in [-0.4, -0.2) is 5.16 Å². The first-order chi connectivity index (χ1) is 8.66. The molecule has 1 aromatic heterocycles. The highest BCUT2D eigenvalue weighted by atomic mass is 16.5. The van der Waals surface area contributed by atoms with Gasteiger partial charge in [-0.05, 0) is 24.7 Å². The minimum atomic E-state index is 0.469. The van der Waals surface area contributed by atoms with Crippen LogP contribution in [-0.2, 0) is 0 Å². The largest absolute Gasteiger partial charge is 0.381 e. The van der Waals surface area contributed by atoms with Crippen LogP contribution < -0.4 is 5.73 Å². The number of hydrogen-bond acceptors (Lipinski definition) is 3. The molecule has 18 heavy (non-hydrogen) atoms. The van der Waals surface area contributed by atoms with Gasteiger partial charge < -0.3 is 10.3 Å². The number of nitrogen functional groups attached to an aromatic ring is 1. The molecule has 1 aliphatic rings. The molecule has 1 unspecified atom stereocenters. The minimum absolute atomic E-state index is 0.469. The molecule has 102 valence electrons. The number of hydrogen-bond donors (Lipinski definition) is 1. The monoisotopic (exact) mass is 250 g/mol. The Morgan fingerprint density at radius 1 is 1.33 bits per heavy atom. The summed E-state index contributed by atoms with van der Waals surface area (Å²) in [5.74, 6) is 3.46. The third kappa shape index (κ3) is 3.50. The summed E-state index contributed by atoms with van der Waals surface area (Å²) in [5, 5.41) is 3.82. The Balaban J connectivity index is 1.90. The zero-order valence-corrected chi connectivity index (χ0v) is 11.7. The lowest BCUT2D eigenvalue weighted by molar-refractivity contribution is 0.279. The van der Waals surface area contributed by atoms with Crippen molar-refractivity contribution in [3.63, 3.8) is 0 Å². The van der Waals surface area contributed by atoms with Crippen molar-refractivity contribution in [1.29, 1.82) is 0 Å². The number of nitrogens with zero attached hydrogens (tertiary/aromatic N) is 1. The second-order valence-corrected chi connectivity index (χ2v) is 6.09. The van der Waals surface area contributed by atoms with Crippen molar-refractivity contribution in [2.75, 3.05) is 5.73 Å². The first-order valence-corrected chi connectivity index (χ1v) is 7.39. The summed E-state index contributed by atoms with van der Waals surface area (Å²) in [4.78, 5) is 0. The van der Waals surface area contributed by atoms with Crippen molar-refractivity contribution in [2.45, 2.75) is 64.7 Å². The molecule has 1 fully saturated rings. The van der Waals surface area contributed by atoms with Crippen LogP contribution in [0.3, 0.4) is 0 Å². The summed E-state index contributed by atoms with van der Waals surface area (Å²) in [6.07, 6.45) is 9.65. The van der Waals surface area contributed by atoms with Gasteiger partial charge in [-0.2, -0.15) is 0 Å². The molecule has 3 heteroatoms. The molecule has 0 aliphatic heterocycles. The van der Waals surface area contributed by atoms with Crippen LogP contribution in [0.1, 0.15) is 70.5 Å². The van der Waals surface area contributed by atoms with Crippen molar-refractivity contribution < 1.29 is 4.52 Å². The maximum atomic E-state index is 5.65. The Labute approximate surface area is 110 Å². The van der Waals surface area contributed by atoms with E-state index >= 15 is 0 Å². The zero-order valence-electron chi connectivity index (χ0n) is 11.7. The summed E-state index contributed by atoms with van der Waals surface area (Å²) in [5.41, 5.74) is 5.65. The van der Waals surface area contributed by atoms with E-state index in [0.717, 1.165) is 11.7 Å². The summed E-state index contributed by atoms with van der Waals surface area (Å²) >= 11 is 0. The molecule has 1 aromatic rings. The van der Waals surface area contributed by atoms with Crippen LogP contribution >= 0.6 is 0 Å². The van der Waals surface area contributed by atoms with Crippen LogP contribution in [0.2, 0.25) is 0 Å². The molecule has 0 aromatic carbocycles. The van der Waals surface area contributed by atoms with Crippen molar-refractivity contribution in [1.82, 2.24) is 5.16 Å². The Hall–Kier alpha value is -0.990. The topological polar surface area (TPSA) is 52.0 Å². The SMILES string of the molecule is CC(C)C(CCC1CCCCC1)c1cc(N)no1. The predicted molar refractivity (Wildman–Crippen MR) is 74.3 cm³/mol. The second-order valence-electron chi connectivity index (χ2n) is 6.09. The third-order valence-electron chi connectivity index (χ3n) is 4.33. The molecule has 1 saturated carbocycles. The highest BCUT2D eigenvalue weighted by molar-refractivity contribution is 5.28. The average molecular weight is 250 g/mol. The molecule has 1 atom stereocenters. The Morgan fingerprint density at radius 3 is 2.61 bits per heavy atom. The molecule has 0 amide bonds. The zero-order chi connectivity index (χ0) is 13.0. The number of aromatic nitrogens is 1. The number of nitrogens with two attached hydrogens (primary N) is 1. The van der Waals surface area contributed by atoms with Crippen molar-refractivity contribution in [3.05, 3.63) is 11.8 Å². The van der Waals surface area contributed by atoms with Gasteiger partial charge >= 0.3 is 0 Å². The molecule has 2 N–H and O–H groups in total. The highest BCUT2D eigenvalue weighted by Crippen LogP contribution is 2.35. The molecule has 1 aliphatic carbocycles.